The van der Waals surface area contributed by atoms with Crippen molar-refractivity contribution < 1.29 is 0 Å². The normalized spacial score (nSPS) is 19.9. The summed E-state index contributed by atoms with van der Waals surface area (Å²) < 4.78 is 0. The van der Waals surface area contributed by atoms with Crippen LogP contribution in [0.1, 0.15) is 13.3 Å². The molecule has 0 N–H and O–H groups in total. The lowest BCUT2D eigenvalue weighted by Crippen LogP contribution is -1.79. The molecule has 0 saturated carbocycles. The Morgan fingerprint density at radius 1 is 2.00 bits per heavy atom. The van der Waals surface area contributed by atoms with Gasteiger partial charge in [0.15, 0.2) is 0 Å². The van der Waals surface area contributed by atoms with Crippen LogP contribution in [0.3, 0.4) is 0 Å². The highest BCUT2D eigenvalue weighted by molar-refractivity contribution is 8.14. The first-order valence-electron chi connectivity index (χ1n) is 2.44. The summed E-state index contributed by atoms with van der Waals surface area (Å²) in [7, 11) is 0. The number of hydrogen-bond acceptors (Lipinski definition) is 2. The van der Waals surface area contributed by atoms with Crippen molar-refractivity contribution in [3.05, 3.63) is 6.54 Å². The standard InChI is InChI=1S/C5H8NS/c1-2-5-6-3-4-7-5/h3H,2,4H2,1H3. The molecule has 39 valence electrons. The molecule has 0 fully saturated rings. The molecule has 1 heterocycles. The maximum absolute atomic E-state index is 4.11. The third kappa shape index (κ3) is 1.20. The van der Waals surface area contributed by atoms with E-state index in [4.69, 9.17) is 0 Å². The van der Waals surface area contributed by atoms with Crippen molar-refractivity contribution in [2.45, 2.75) is 13.3 Å². The Bertz CT molecular complexity index is 88.1. The minimum atomic E-state index is 1.09. The SMILES string of the molecule is CCC1=N[CH]CS1. The molecular weight excluding hydrogens is 106 g/mol. The van der Waals surface area contributed by atoms with Gasteiger partial charge < -0.3 is 0 Å². The van der Waals surface area contributed by atoms with Crippen molar-refractivity contribution >= 4 is 16.8 Å². The van der Waals surface area contributed by atoms with Crippen LogP contribution in [-0.2, 0) is 0 Å². The van der Waals surface area contributed by atoms with Gasteiger partial charge in [-0.05, 0) is 6.42 Å². The summed E-state index contributed by atoms with van der Waals surface area (Å²) in [5.74, 6) is 1.09. The second-order valence-corrected chi connectivity index (χ2v) is 2.46. The first-order valence-corrected chi connectivity index (χ1v) is 3.43. The molecule has 0 bridgehead atoms. The van der Waals surface area contributed by atoms with E-state index in [1.54, 1.807) is 0 Å². The van der Waals surface area contributed by atoms with Crippen molar-refractivity contribution in [3.8, 4) is 0 Å². The van der Waals surface area contributed by atoms with Crippen LogP contribution in [0.15, 0.2) is 4.99 Å². The molecule has 1 aliphatic rings. The molecule has 0 amide bonds. The fraction of sp³-hybridized carbons (Fsp3) is 0.600. The van der Waals surface area contributed by atoms with Crippen LogP contribution in [-0.4, -0.2) is 10.8 Å². The summed E-state index contributed by atoms with van der Waals surface area (Å²) in [6.07, 6.45) is 1.10. The van der Waals surface area contributed by atoms with Crippen LogP contribution < -0.4 is 0 Å². The van der Waals surface area contributed by atoms with E-state index in [0.717, 1.165) is 12.2 Å². The lowest BCUT2D eigenvalue weighted by atomic mass is 10.5. The number of aliphatic imine (C=N–C) groups is 1. The molecule has 0 atom stereocenters. The van der Waals surface area contributed by atoms with E-state index in [2.05, 4.69) is 11.9 Å². The minimum absolute atomic E-state index is 1.09. The van der Waals surface area contributed by atoms with Gasteiger partial charge in [-0.1, -0.05) is 6.92 Å². The topological polar surface area (TPSA) is 12.4 Å². The zero-order valence-electron chi connectivity index (χ0n) is 4.35. The largest absolute Gasteiger partial charge is 0.276 e. The van der Waals surface area contributed by atoms with Gasteiger partial charge in [0.25, 0.3) is 0 Å². The molecule has 0 aromatic rings. The second kappa shape index (κ2) is 2.36. The Morgan fingerprint density at radius 2 is 2.86 bits per heavy atom. The first kappa shape index (κ1) is 5.16. The molecule has 0 aromatic carbocycles. The van der Waals surface area contributed by atoms with Crippen LogP contribution in [0.2, 0.25) is 0 Å². The van der Waals surface area contributed by atoms with Gasteiger partial charge in [0, 0.05) is 5.75 Å². The fourth-order valence-electron chi connectivity index (χ4n) is 0.503. The smallest absolute Gasteiger partial charge is 0.0835 e. The zero-order valence-corrected chi connectivity index (χ0v) is 5.16. The van der Waals surface area contributed by atoms with Crippen molar-refractivity contribution in [2.75, 3.05) is 5.75 Å². The maximum atomic E-state index is 4.11. The Hall–Kier alpha value is 0.0200. The summed E-state index contributed by atoms with van der Waals surface area (Å²) in [5, 5.41) is 1.28. The summed E-state index contributed by atoms with van der Waals surface area (Å²) in [4.78, 5) is 4.11. The molecule has 1 nitrogen and oxygen atoms in total. The van der Waals surface area contributed by atoms with Gasteiger partial charge >= 0.3 is 0 Å². The molecule has 2 heteroatoms. The van der Waals surface area contributed by atoms with Crippen molar-refractivity contribution in [3.63, 3.8) is 0 Å². The van der Waals surface area contributed by atoms with Crippen LogP contribution in [0.25, 0.3) is 0 Å². The van der Waals surface area contributed by atoms with Crippen molar-refractivity contribution in [1.82, 2.24) is 0 Å². The van der Waals surface area contributed by atoms with Crippen molar-refractivity contribution in [1.29, 1.82) is 0 Å². The molecule has 0 spiro atoms. The fourth-order valence-corrected chi connectivity index (χ4v) is 1.20. The van der Waals surface area contributed by atoms with E-state index < -0.39 is 0 Å². The summed E-state index contributed by atoms with van der Waals surface area (Å²) >= 11 is 1.84. The van der Waals surface area contributed by atoms with E-state index in [0.29, 0.717) is 0 Å². The van der Waals surface area contributed by atoms with Gasteiger partial charge in [0.1, 0.15) is 0 Å². The van der Waals surface area contributed by atoms with Crippen LogP contribution in [0.4, 0.5) is 0 Å². The summed E-state index contributed by atoms with van der Waals surface area (Å²) in [6.45, 7) is 4.09. The third-order valence-corrected chi connectivity index (χ3v) is 1.91. The third-order valence-electron chi connectivity index (χ3n) is 0.862. The van der Waals surface area contributed by atoms with E-state index in [9.17, 15) is 0 Å². The van der Waals surface area contributed by atoms with Gasteiger partial charge in [-0.25, -0.2) is 0 Å². The summed E-state index contributed by atoms with van der Waals surface area (Å²) in [6, 6.07) is 0. The first-order chi connectivity index (χ1) is 3.43. The molecule has 1 rings (SSSR count). The second-order valence-electron chi connectivity index (χ2n) is 1.37. The maximum Gasteiger partial charge on any atom is 0.0835 e. The highest BCUT2D eigenvalue weighted by Gasteiger charge is 2.02. The predicted octanol–water partition coefficient (Wildman–Crippen LogP) is 1.70. The van der Waals surface area contributed by atoms with E-state index >= 15 is 0 Å². The van der Waals surface area contributed by atoms with Crippen LogP contribution >= 0.6 is 11.8 Å². The minimum Gasteiger partial charge on any atom is -0.276 e. The number of hydrogen-bond donors (Lipinski definition) is 0. The average Bonchev–Trinajstić information content (AvgIpc) is 2.14. The predicted molar refractivity (Wildman–Crippen MR) is 34.5 cm³/mol. The monoisotopic (exact) mass is 114 g/mol. The Balaban J connectivity index is 2.36. The molecule has 1 aliphatic heterocycles. The van der Waals surface area contributed by atoms with Crippen LogP contribution in [0.5, 0.6) is 0 Å². The van der Waals surface area contributed by atoms with Gasteiger partial charge in [0.05, 0.1) is 11.6 Å². The van der Waals surface area contributed by atoms with Crippen molar-refractivity contribution in [2.24, 2.45) is 4.99 Å². The lowest BCUT2D eigenvalue weighted by Gasteiger charge is -1.85. The Morgan fingerprint density at radius 3 is 3.14 bits per heavy atom. The molecule has 0 unspecified atom stereocenters. The number of nitrogens with zero attached hydrogens (tertiary/aromatic N) is 1. The van der Waals surface area contributed by atoms with E-state index in [1.807, 2.05) is 18.3 Å². The quantitative estimate of drug-likeness (QED) is 0.505. The van der Waals surface area contributed by atoms with E-state index in [1.165, 1.54) is 5.04 Å². The summed E-state index contributed by atoms with van der Waals surface area (Å²) in [5.41, 5.74) is 0. The molecule has 0 aliphatic carbocycles. The molecule has 0 aromatic heterocycles. The van der Waals surface area contributed by atoms with Gasteiger partial charge in [-0.2, -0.15) is 0 Å². The molecule has 7 heavy (non-hydrogen) atoms. The average molecular weight is 114 g/mol. The Labute approximate surface area is 48.2 Å². The van der Waals surface area contributed by atoms with Gasteiger partial charge in [0.2, 0.25) is 0 Å². The highest BCUT2D eigenvalue weighted by Crippen LogP contribution is 2.15. The molecule has 1 radical (unpaired) electrons. The Kier molecular flexibility index (Phi) is 1.74. The number of rotatable bonds is 1. The number of thioether (sulfide) groups is 1. The lowest BCUT2D eigenvalue weighted by molar-refractivity contribution is 1.28. The van der Waals surface area contributed by atoms with Gasteiger partial charge in [-0.3, -0.25) is 4.99 Å². The highest BCUT2D eigenvalue weighted by atomic mass is 32.2. The van der Waals surface area contributed by atoms with E-state index in [-0.39, 0.29) is 0 Å². The molecular formula is C5H8NS. The van der Waals surface area contributed by atoms with Crippen LogP contribution in [0, 0.1) is 6.54 Å². The molecule has 0 saturated heterocycles. The zero-order chi connectivity index (χ0) is 5.11. The van der Waals surface area contributed by atoms with Gasteiger partial charge in [-0.15, -0.1) is 11.8 Å².